The third-order valence-corrected chi connectivity index (χ3v) is 7.03. The van der Waals surface area contributed by atoms with Gasteiger partial charge in [-0.1, -0.05) is 72.8 Å². The minimum atomic E-state index is 0. The molecule has 3 aromatic carbocycles. The molecule has 9 rings (SSSR count). The van der Waals surface area contributed by atoms with Crippen LogP contribution in [-0.2, 0) is 20.1 Å². The zero-order chi connectivity index (χ0) is 28.1. The first-order valence-corrected chi connectivity index (χ1v) is 13.6. The minimum absolute atomic E-state index is 0. The predicted octanol–water partition coefficient (Wildman–Crippen LogP) is 8.35. The average molecular weight is 733 g/mol. The van der Waals surface area contributed by atoms with Crippen molar-refractivity contribution < 1.29 is 20.1 Å². The Labute approximate surface area is 260 Å². The van der Waals surface area contributed by atoms with Gasteiger partial charge in [0, 0.05) is 89.6 Å². The van der Waals surface area contributed by atoms with E-state index in [4.69, 9.17) is 0 Å². The van der Waals surface area contributed by atoms with E-state index in [9.17, 15) is 0 Å². The first kappa shape index (κ1) is 27.9. The Kier molecular flexibility index (Phi) is 8.27. The van der Waals surface area contributed by atoms with E-state index in [-0.39, 0.29) is 20.1 Å². The number of pyridine rings is 6. The van der Waals surface area contributed by atoms with Crippen LogP contribution >= 0.6 is 0 Å². The van der Waals surface area contributed by atoms with Crippen molar-refractivity contribution in [1.82, 2.24) is 29.9 Å². The quantitative estimate of drug-likeness (QED) is 0.146. The summed E-state index contributed by atoms with van der Waals surface area (Å²) in [6, 6.07) is 36.4. The van der Waals surface area contributed by atoms with Crippen LogP contribution in [0, 0.1) is 0 Å². The van der Waals surface area contributed by atoms with Crippen LogP contribution in [0.15, 0.2) is 146 Å². The Bertz CT molecular complexity index is 1910. The number of aromatic nitrogens is 6. The molecule has 0 aliphatic heterocycles. The first-order chi connectivity index (χ1) is 20.8. The molecule has 9 aromatic rings. The molecule has 0 aliphatic carbocycles. The van der Waals surface area contributed by atoms with Crippen molar-refractivity contribution in [2.45, 2.75) is 0 Å². The van der Waals surface area contributed by atoms with E-state index in [1.165, 1.54) is 0 Å². The first-order valence-electron chi connectivity index (χ1n) is 13.6. The van der Waals surface area contributed by atoms with E-state index in [0.29, 0.717) is 0 Å². The van der Waals surface area contributed by atoms with Gasteiger partial charge in [0.2, 0.25) is 0 Å². The van der Waals surface area contributed by atoms with Crippen LogP contribution < -0.4 is 0 Å². The SMILES string of the molecule is [Ir].c1cnc2c(c1)ccc1cccnc12.c1cnc2c(c1)ccc1cccnc12.c1cnc2c(c1)ccc1cccnc12. The molecule has 0 atom stereocenters. The molecule has 43 heavy (non-hydrogen) atoms. The fourth-order valence-corrected chi connectivity index (χ4v) is 5.04. The standard InChI is InChI=1S/3C12H8N2.Ir/c3*1-3-9-5-6-10-4-2-8-14-12(10)11(9)13-7-1;/h3*1-8H;. The van der Waals surface area contributed by atoms with Crippen LogP contribution in [0.3, 0.4) is 0 Å². The second kappa shape index (κ2) is 12.7. The van der Waals surface area contributed by atoms with Gasteiger partial charge in [0.25, 0.3) is 0 Å². The van der Waals surface area contributed by atoms with Gasteiger partial charge >= 0.3 is 0 Å². The molecule has 6 aromatic heterocycles. The molecule has 0 saturated carbocycles. The van der Waals surface area contributed by atoms with Crippen molar-refractivity contribution in [3.05, 3.63) is 146 Å². The van der Waals surface area contributed by atoms with Crippen molar-refractivity contribution in [3.8, 4) is 0 Å². The van der Waals surface area contributed by atoms with Crippen molar-refractivity contribution in [2.75, 3.05) is 0 Å². The monoisotopic (exact) mass is 733 g/mol. The molecule has 0 spiro atoms. The topological polar surface area (TPSA) is 77.3 Å². The van der Waals surface area contributed by atoms with Crippen LogP contribution in [0.25, 0.3) is 65.4 Å². The number of fused-ring (bicyclic) bond motifs is 9. The van der Waals surface area contributed by atoms with Crippen molar-refractivity contribution in [3.63, 3.8) is 0 Å². The van der Waals surface area contributed by atoms with Gasteiger partial charge < -0.3 is 0 Å². The van der Waals surface area contributed by atoms with Gasteiger partial charge in [0.1, 0.15) is 0 Å². The van der Waals surface area contributed by atoms with Crippen molar-refractivity contribution in [1.29, 1.82) is 0 Å². The number of hydrogen-bond acceptors (Lipinski definition) is 6. The molecule has 1 radical (unpaired) electrons. The van der Waals surface area contributed by atoms with Gasteiger partial charge in [-0.25, -0.2) is 0 Å². The summed E-state index contributed by atoms with van der Waals surface area (Å²) in [5.74, 6) is 0. The van der Waals surface area contributed by atoms with Crippen LogP contribution in [-0.4, -0.2) is 29.9 Å². The van der Waals surface area contributed by atoms with Crippen LogP contribution in [0.1, 0.15) is 0 Å². The van der Waals surface area contributed by atoms with Gasteiger partial charge in [0.15, 0.2) is 0 Å². The Balaban J connectivity index is 0.000000113. The minimum Gasteiger partial charge on any atom is -0.254 e. The molecule has 0 fully saturated rings. The summed E-state index contributed by atoms with van der Waals surface area (Å²) in [5.41, 5.74) is 5.86. The molecule has 0 N–H and O–H groups in total. The fourth-order valence-electron chi connectivity index (χ4n) is 5.04. The van der Waals surface area contributed by atoms with E-state index >= 15 is 0 Å². The molecule has 0 bridgehead atoms. The summed E-state index contributed by atoms with van der Waals surface area (Å²) in [6.45, 7) is 0. The number of rotatable bonds is 0. The summed E-state index contributed by atoms with van der Waals surface area (Å²) in [4.78, 5) is 26.1. The van der Waals surface area contributed by atoms with Crippen molar-refractivity contribution in [2.24, 2.45) is 0 Å². The van der Waals surface area contributed by atoms with E-state index < -0.39 is 0 Å². The zero-order valence-corrected chi connectivity index (χ0v) is 25.3. The summed E-state index contributed by atoms with van der Waals surface area (Å²) in [7, 11) is 0. The molecule has 7 heteroatoms. The normalized spacial score (nSPS) is 10.6. The Morgan fingerprint density at radius 2 is 0.395 bits per heavy atom. The number of hydrogen-bond donors (Lipinski definition) is 0. The van der Waals surface area contributed by atoms with Crippen LogP contribution in [0.2, 0.25) is 0 Å². The number of benzene rings is 3. The third kappa shape index (κ3) is 5.77. The fraction of sp³-hybridized carbons (Fsp3) is 0. The van der Waals surface area contributed by atoms with E-state index in [1.54, 1.807) is 37.2 Å². The zero-order valence-electron chi connectivity index (χ0n) is 22.9. The summed E-state index contributed by atoms with van der Waals surface area (Å²) >= 11 is 0. The van der Waals surface area contributed by atoms with Gasteiger partial charge in [-0.3, -0.25) is 29.9 Å². The molecule has 0 aliphatic rings. The van der Waals surface area contributed by atoms with E-state index in [2.05, 4.69) is 103 Å². The predicted molar refractivity (Wildman–Crippen MR) is 171 cm³/mol. The van der Waals surface area contributed by atoms with Crippen LogP contribution in [0.4, 0.5) is 0 Å². The van der Waals surface area contributed by atoms with Crippen LogP contribution in [0.5, 0.6) is 0 Å². The molecular formula is C36H24IrN6. The van der Waals surface area contributed by atoms with E-state index in [1.807, 2.05) is 36.4 Å². The van der Waals surface area contributed by atoms with Gasteiger partial charge in [-0.2, -0.15) is 0 Å². The Hall–Kier alpha value is -5.23. The third-order valence-electron chi connectivity index (χ3n) is 7.03. The Morgan fingerprint density at radius 1 is 0.233 bits per heavy atom. The maximum absolute atomic E-state index is 4.35. The van der Waals surface area contributed by atoms with E-state index in [0.717, 1.165) is 65.4 Å². The summed E-state index contributed by atoms with van der Waals surface area (Å²) in [5, 5.41) is 6.83. The molecule has 6 heterocycles. The smallest absolute Gasteiger partial charge is 0.0964 e. The molecule has 207 valence electrons. The maximum atomic E-state index is 4.35. The largest absolute Gasteiger partial charge is 0.254 e. The Morgan fingerprint density at radius 3 is 0.558 bits per heavy atom. The summed E-state index contributed by atoms with van der Waals surface area (Å²) in [6.07, 6.45) is 10.8. The molecule has 6 nitrogen and oxygen atoms in total. The summed E-state index contributed by atoms with van der Waals surface area (Å²) < 4.78 is 0. The maximum Gasteiger partial charge on any atom is 0.0964 e. The molecule has 0 saturated heterocycles. The molecule has 0 unspecified atom stereocenters. The second-order valence-electron chi connectivity index (χ2n) is 9.65. The molecule has 0 amide bonds. The van der Waals surface area contributed by atoms with Gasteiger partial charge in [0.05, 0.1) is 33.1 Å². The number of nitrogens with zero attached hydrogens (tertiary/aromatic N) is 6. The van der Waals surface area contributed by atoms with Crippen molar-refractivity contribution >= 4 is 65.4 Å². The molecular weight excluding hydrogens is 709 g/mol. The second-order valence-corrected chi connectivity index (χ2v) is 9.65. The average Bonchev–Trinajstić information content (AvgIpc) is 3.09. The van der Waals surface area contributed by atoms with Gasteiger partial charge in [-0.15, -0.1) is 0 Å². The van der Waals surface area contributed by atoms with Gasteiger partial charge in [-0.05, 0) is 36.4 Å².